The summed E-state index contributed by atoms with van der Waals surface area (Å²) in [6.07, 6.45) is -0.273. The van der Waals surface area contributed by atoms with Gasteiger partial charge in [-0.1, -0.05) is 0 Å². The molecule has 0 aliphatic heterocycles. The molecular weight excluding hydrogens is 292 g/mol. The van der Waals surface area contributed by atoms with Crippen LogP contribution in [0.3, 0.4) is 0 Å². The van der Waals surface area contributed by atoms with Crippen molar-refractivity contribution in [2.24, 2.45) is 0 Å². The van der Waals surface area contributed by atoms with E-state index < -0.39 is 0 Å². The first-order valence-electron chi connectivity index (χ1n) is 7.52. The molecule has 22 heavy (non-hydrogen) atoms. The van der Waals surface area contributed by atoms with Crippen molar-refractivity contribution >= 4 is 0 Å². The lowest BCUT2D eigenvalue weighted by atomic mass is 10.3. The van der Waals surface area contributed by atoms with Crippen molar-refractivity contribution in [2.75, 3.05) is 74.7 Å². The van der Waals surface area contributed by atoms with Crippen molar-refractivity contribution in [2.45, 2.75) is 25.2 Å². The third-order valence-electron chi connectivity index (χ3n) is 2.99. The average Bonchev–Trinajstić information content (AvgIpc) is 2.52. The van der Waals surface area contributed by atoms with E-state index in [1.807, 2.05) is 6.92 Å². The molecule has 0 aromatic rings. The summed E-state index contributed by atoms with van der Waals surface area (Å²) in [4.78, 5) is 0. The molecule has 0 fully saturated rings. The van der Waals surface area contributed by atoms with E-state index >= 15 is 0 Å². The molecule has 3 atom stereocenters. The Hall–Kier alpha value is -0.280. The Morgan fingerprint density at radius 3 is 1.41 bits per heavy atom. The number of hydrogen-bond acceptors (Lipinski definition) is 7. The fourth-order valence-electron chi connectivity index (χ4n) is 1.78. The summed E-state index contributed by atoms with van der Waals surface area (Å²) in [5.41, 5.74) is 0. The largest absolute Gasteiger partial charge is 0.382 e. The molecule has 134 valence electrons. The van der Waals surface area contributed by atoms with Gasteiger partial charge in [-0.05, 0) is 6.92 Å². The molecule has 0 aliphatic rings. The standard InChI is InChI=1S/C15H32O7/c1-6-22-15(8-17-3)12-21-11-14(19-5)10-20-9-13(18-4)7-16-2/h13-15H,6-12H2,1-5H3. The van der Waals surface area contributed by atoms with Crippen LogP contribution >= 0.6 is 0 Å². The zero-order valence-corrected chi connectivity index (χ0v) is 14.5. The van der Waals surface area contributed by atoms with Crippen LogP contribution in [0.15, 0.2) is 0 Å². The van der Waals surface area contributed by atoms with Gasteiger partial charge in [0.15, 0.2) is 0 Å². The molecule has 0 aliphatic carbocycles. The molecule has 0 saturated heterocycles. The van der Waals surface area contributed by atoms with Gasteiger partial charge in [0.1, 0.15) is 18.3 Å². The van der Waals surface area contributed by atoms with E-state index in [4.69, 9.17) is 33.2 Å². The first-order chi connectivity index (χ1) is 10.7. The van der Waals surface area contributed by atoms with Gasteiger partial charge < -0.3 is 33.2 Å². The Kier molecular flexibility index (Phi) is 15.4. The van der Waals surface area contributed by atoms with Crippen LogP contribution in [0.4, 0.5) is 0 Å². The van der Waals surface area contributed by atoms with E-state index in [0.29, 0.717) is 46.2 Å². The van der Waals surface area contributed by atoms with Crippen LogP contribution < -0.4 is 0 Å². The van der Waals surface area contributed by atoms with Crippen molar-refractivity contribution in [3.8, 4) is 0 Å². The minimum absolute atomic E-state index is 0.0620. The Balaban J connectivity index is 3.85. The van der Waals surface area contributed by atoms with E-state index in [0.717, 1.165) is 0 Å². The molecule has 7 nitrogen and oxygen atoms in total. The number of ether oxygens (including phenoxy) is 7. The summed E-state index contributed by atoms with van der Waals surface area (Å²) < 4.78 is 37.4. The quantitative estimate of drug-likeness (QED) is 0.415. The van der Waals surface area contributed by atoms with Gasteiger partial charge in [-0.25, -0.2) is 0 Å². The fourth-order valence-corrected chi connectivity index (χ4v) is 1.78. The predicted octanol–water partition coefficient (Wildman–Crippen LogP) is 0.748. The summed E-state index contributed by atoms with van der Waals surface area (Å²) in [5.74, 6) is 0. The summed E-state index contributed by atoms with van der Waals surface area (Å²) >= 11 is 0. The molecule has 0 spiro atoms. The van der Waals surface area contributed by atoms with Crippen molar-refractivity contribution in [3.05, 3.63) is 0 Å². The van der Waals surface area contributed by atoms with Crippen LogP contribution in [-0.4, -0.2) is 93.0 Å². The maximum absolute atomic E-state index is 5.62. The first-order valence-corrected chi connectivity index (χ1v) is 7.52. The van der Waals surface area contributed by atoms with Crippen LogP contribution in [0, 0.1) is 0 Å². The van der Waals surface area contributed by atoms with Gasteiger partial charge in [-0.3, -0.25) is 0 Å². The molecule has 3 unspecified atom stereocenters. The third kappa shape index (κ3) is 11.3. The summed E-state index contributed by atoms with van der Waals surface area (Å²) in [6, 6.07) is 0. The second-order valence-corrected chi connectivity index (χ2v) is 4.78. The lowest BCUT2D eigenvalue weighted by Gasteiger charge is -2.20. The van der Waals surface area contributed by atoms with E-state index in [1.165, 1.54) is 0 Å². The van der Waals surface area contributed by atoms with Gasteiger partial charge in [-0.15, -0.1) is 0 Å². The van der Waals surface area contributed by atoms with E-state index in [2.05, 4.69) is 0 Å². The number of methoxy groups -OCH3 is 4. The Labute approximate surface area is 134 Å². The highest BCUT2D eigenvalue weighted by Crippen LogP contribution is 2.00. The van der Waals surface area contributed by atoms with Crippen molar-refractivity contribution < 1.29 is 33.2 Å². The number of hydrogen-bond donors (Lipinski definition) is 0. The van der Waals surface area contributed by atoms with Gasteiger partial charge in [0.05, 0.1) is 39.6 Å². The fraction of sp³-hybridized carbons (Fsp3) is 1.00. The van der Waals surface area contributed by atoms with Crippen molar-refractivity contribution in [1.29, 1.82) is 0 Å². The molecule has 0 bridgehead atoms. The molecule has 0 N–H and O–H groups in total. The van der Waals surface area contributed by atoms with Crippen molar-refractivity contribution in [1.82, 2.24) is 0 Å². The van der Waals surface area contributed by atoms with Gasteiger partial charge >= 0.3 is 0 Å². The highest BCUT2D eigenvalue weighted by Gasteiger charge is 2.14. The van der Waals surface area contributed by atoms with Crippen LogP contribution in [0.25, 0.3) is 0 Å². The maximum Gasteiger partial charge on any atom is 0.104 e. The average molecular weight is 324 g/mol. The molecular formula is C15H32O7. The molecule has 0 radical (unpaired) electrons. The van der Waals surface area contributed by atoms with Crippen LogP contribution in [0.1, 0.15) is 6.92 Å². The maximum atomic E-state index is 5.62. The van der Waals surface area contributed by atoms with E-state index in [-0.39, 0.29) is 18.3 Å². The third-order valence-corrected chi connectivity index (χ3v) is 2.99. The second-order valence-electron chi connectivity index (χ2n) is 4.78. The zero-order valence-electron chi connectivity index (χ0n) is 14.5. The molecule has 0 heterocycles. The highest BCUT2D eigenvalue weighted by molar-refractivity contribution is 4.60. The Morgan fingerprint density at radius 1 is 0.591 bits per heavy atom. The molecule has 0 saturated carbocycles. The molecule has 0 aromatic heterocycles. The Bertz CT molecular complexity index is 222. The van der Waals surface area contributed by atoms with Gasteiger partial charge in [0.2, 0.25) is 0 Å². The van der Waals surface area contributed by atoms with E-state index in [1.54, 1.807) is 28.4 Å². The van der Waals surface area contributed by atoms with Crippen LogP contribution in [0.5, 0.6) is 0 Å². The normalized spacial score (nSPS) is 15.7. The highest BCUT2D eigenvalue weighted by atomic mass is 16.6. The summed E-state index contributed by atoms with van der Waals surface area (Å²) in [7, 11) is 6.54. The zero-order chi connectivity index (χ0) is 16.6. The molecule has 0 aromatic carbocycles. The minimum atomic E-state index is -0.134. The Morgan fingerprint density at radius 2 is 1.00 bits per heavy atom. The molecule has 7 heteroatoms. The molecule has 0 amide bonds. The summed E-state index contributed by atoms with van der Waals surface area (Å²) in [5, 5.41) is 0. The summed E-state index contributed by atoms with van der Waals surface area (Å²) in [6.45, 7) is 5.37. The lowest BCUT2D eigenvalue weighted by Crippen LogP contribution is -2.31. The first kappa shape index (κ1) is 21.7. The second kappa shape index (κ2) is 15.6. The minimum Gasteiger partial charge on any atom is -0.382 e. The predicted molar refractivity (Wildman–Crippen MR) is 82.4 cm³/mol. The van der Waals surface area contributed by atoms with Gasteiger partial charge in [-0.2, -0.15) is 0 Å². The van der Waals surface area contributed by atoms with E-state index in [9.17, 15) is 0 Å². The topological polar surface area (TPSA) is 64.6 Å². The van der Waals surface area contributed by atoms with Crippen LogP contribution in [-0.2, 0) is 33.2 Å². The van der Waals surface area contributed by atoms with Gasteiger partial charge in [0, 0.05) is 35.0 Å². The smallest absolute Gasteiger partial charge is 0.104 e. The lowest BCUT2D eigenvalue weighted by molar-refractivity contribution is -0.0922. The SMILES string of the molecule is CCOC(COC)COCC(COCC(COC)OC)OC. The van der Waals surface area contributed by atoms with Crippen LogP contribution in [0.2, 0.25) is 0 Å². The molecule has 0 rings (SSSR count). The van der Waals surface area contributed by atoms with Gasteiger partial charge in [0.25, 0.3) is 0 Å². The number of rotatable bonds is 16. The van der Waals surface area contributed by atoms with Crippen molar-refractivity contribution in [3.63, 3.8) is 0 Å². The monoisotopic (exact) mass is 324 g/mol.